The second-order valence-corrected chi connectivity index (χ2v) is 4.46. The number of carbonyl (C=O) groups is 1. The Balaban J connectivity index is 2.52. The molecule has 0 spiro atoms. The van der Waals surface area contributed by atoms with E-state index in [1.165, 1.54) is 0 Å². The molecule has 3 heteroatoms. The molecular formula is C15H15NO2. The van der Waals surface area contributed by atoms with Gasteiger partial charge in [0.15, 0.2) is 0 Å². The summed E-state index contributed by atoms with van der Waals surface area (Å²) in [5, 5.41) is 8.92. The molecule has 0 atom stereocenters. The SMILES string of the molecule is Cc1cc(C)cc(-c2ncccc2CC(=O)O)c1. The number of carboxylic acid groups (broad SMARTS) is 1. The molecule has 1 aromatic heterocycles. The van der Waals surface area contributed by atoms with E-state index in [2.05, 4.69) is 11.1 Å². The van der Waals surface area contributed by atoms with Gasteiger partial charge in [-0.1, -0.05) is 23.3 Å². The number of hydrogen-bond donors (Lipinski definition) is 1. The van der Waals surface area contributed by atoms with Crippen LogP contribution in [0.4, 0.5) is 0 Å². The molecule has 0 saturated carbocycles. The standard InChI is InChI=1S/C15H15NO2/c1-10-6-11(2)8-13(7-10)15-12(9-14(17)18)4-3-5-16-15/h3-8H,9H2,1-2H3,(H,17,18). The molecule has 1 aromatic carbocycles. The highest BCUT2D eigenvalue weighted by molar-refractivity contribution is 5.75. The van der Waals surface area contributed by atoms with Gasteiger partial charge in [0.25, 0.3) is 0 Å². The zero-order valence-corrected chi connectivity index (χ0v) is 10.5. The van der Waals surface area contributed by atoms with Crippen LogP contribution in [0.15, 0.2) is 36.5 Å². The Labute approximate surface area is 106 Å². The van der Waals surface area contributed by atoms with E-state index in [-0.39, 0.29) is 6.42 Å². The maximum absolute atomic E-state index is 10.9. The Morgan fingerprint density at radius 3 is 2.50 bits per heavy atom. The number of nitrogens with zero attached hydrogens (tertiary/aromatic N) is 1. The minimum atomic E-state index is -0.839. The average Bonchev–Trinajstić information content (AvgIpc) is 2.27. The zero-order chi connectivity index (χ0) is 13.1. The molecule has 2 rings (SSSR count). The molecular weight excluding hydrogens is 226 g/mol. The second-order valence-electron chi connectivity index (χ2n) is 4.46. The lowest BCUT2D eigenvalue weighted by Gasteiger charge is -2.08. The van der Waals surface area contributed by atoms with Crippen molar-refractivity contribution in [2.75, 3.05) is 0 Å². The summed E-state index contributed by atoms with van der Waals surface area (Å²) in [6, 6.07) is 9.73. The molecule has 0 fully saturated rings. The van der Waals surface area contributed by atoms with Crippen LogP contribution < -0.4 is 0 Å². The van der Waals surface area contributed by atoms with Gasteiger partial charge in [-0.25, -0.2) is 0 Å². The number of aryl methyl sites for hydroxylation is 2. The Kier molecular flexibility index (Phi) is 3.42. The highest BCUT2D eigenvalue weighted by Gasteiger charge is 2.10. The number of aliphatic carboxylic acids is 1. The number of aromatic nitrogens is 1. The van der Waals surface area contributed by atoms with Gasteiger partial charge >= 0.3 is 5.97 Å². The van der Waals surface area contributed by atoms with Gasteiger partial charge in [0.1, 0.15) is 0 Å². The van der Waals surface area contributed by atoms with Crippen molar-refractivity contribution in [1.29, 1.82) is 0 Å². The van der Waals surface area contributed by atoms with Gasteiger partial charge in [-0.3, -0.25) is 9.78 Å². The fraction of sp³-hybridized carbons (Fsp3) is 0.200. The second kappa shape index (κ2) is 5.00. The van der Waals surface area contributed by atoms with Crippen molar-refractivity contribution in [3.63, 3.8) is 0 Å². The number of pyridine rings is 1. The van der Waals surface area contributed by atoms with E-state index < -0.39 is 5.97 Å². The molecule has 0 aliphatic heterocycles. The first-order valence-electron chi connectivity index (χ1n) is 5.80. The molecule has 18 heavy (non-hydrogen) atoms. The van der Waals surface area contributed by atoms with Gasteiger partial charge in [0.05, 0.1) is 12.1 Å². The molecule has 0 unspecified atom stereocenters. The van der Waals surface area contributed by atoms with Crippen LogP contribution in [0, 0.1) is 13.8 Å². The van der Waals surface area contributed by atoms with Crippen molar-refractivity contribution in [2.24, 2.45) is 0 Å². The highest BCUT2D eigenvalue weighted by atomic mass is 16.4. The van der Waals surface area contributed by atoms with E-state index in [0.717, 1.165) is 27.9 Å². The maximum atomic E-state index is 10.9. The van der Waals surface area contributed by atoms with Crippen LogP contribution in [0.3, 0.4) is 0 Å². The van der Waals surface area contributed by atoms with Gasteiger partial charge in [0.2, 0.25) is 0 Å². The molecule has 2 aromatic rings. The monoisotopic (exact) mass is 241 g/mol. The Hall–Kier alpha value is -2.16. The van der Waals surface area contributed by atoms with E-state index in [4.69, 9.17) is 5.11 Å². The zero-order valence-electron chi connectivity index (χ0n) is 10.5. The molecule has 0 aliphatic carbocycles. The van der Waals surface area contributed by atoms with E-state index in [1.807, 2.05) is 32.0 Å². The summed E-state index contributed by atoms with van der Waals surface area (Å²) in [6.45, 7) is 4.05. The first-order valence-corrected chi connectivity index (χ1v) is 5.80. The van der Waals surface area contributed by atoms with Crippen molar-refractivity contribution in [2.45, 2.75) is 20.3 Å². The summed E-state index contributed by atoms with van der Waals surface area (Å²) in [6.07, 6.45) is 1.69. The number of benzene rings is 1. The summed E-state index contributed by atoms with van der Waals surface area (Å²) >= 11 is 0. The van der Waals surface area contributed by atoms with Gasteiger partial charge in [0, 0.05) is 11.8 Å². The van der Waals surface area contributed by atoms with Crippen molar-refractivity contribution in [3.8, 4) is 11.3 Å². The van der Waals surface area contributed by atoms with Crippen LogP contribution >= 0.6 is 0 Å². The smallest absolute Gasteiger partial charge is 0.307 e. The Bertz CT molecular complexity index is 571. The maximum Gasteiger partial charge on any atom is 0.307 e. The summed E-state index contributed by atoms with van der Waals surface area (Å²) in [7, 11) is 0. The van der Waals surface area contributed by atoms with Crippen LogP contribution in [-0.2, 0) is 11.2 Å². The van der Waals surface area contributed by atoms with Gasteiger partial charge in [-0.15, -0.1) is 0 Å². The lowest BCUT2D eigenvalue weighted by molar-refractivity contribution is -0.136. The first kappa shape index (κ1) is 12.3. The van der Waals surface area contributed by atoms with E-state index in [0.29, 0.717) is 0 Å². The predicted molar refractivity (Wildman–Crippen MR) is 70.5 cm³/mol. The van der Waals surface area contributed by atoms with Crippen LogP contribution in [0.2, 0.25) is 0 Å². The van der Waals surface area contributed by atoms with Crippen molar-refractivity contribution in [3.05, 3.63) is 53.2 Å². The molecule has 0 radical (unpaired) electrons. The largest absolute Gasteiger partial charge is 0.481 e. The van der Waals surface area contributed by atoms with Gasteiger partial charge in [-0.2, -0.15) is 0 Å². The Morgan fingerprint density at radius 1 is 1.22 bits per heavy atom. The average molecular weight is 241 g/mol. The molecule has 0 bridgehead atoms. The first-order chi connectivity index (χ1) is 8.56. The van der Waals surface area contributed by atoms with Crippen molar-refractivity contribution in [1.82, 2.24) is 4.98 Å². The number of rotatable bonds is 3. The van der Waals surface area contributed by atoms with Gasteiger partial charge in [-0.05, 0) is 37.6 Å². The fourth-order valence-corrected chi connectivity index (χ4v) is 2.12. The predicted octanol–water partition coefficient (Wildman–Crippen LogP) is 2.99. The summed E-state index contributed by atoms with van der Waals surface area (Å²) in [5.41, 5.74) is 4.78. The molecule has 92 valence electrons. The fourth-order valence-electron chi connectivity index (χ4n) is 2.12. The highest BCUT2D eigenvalue weighted by Crippen LogP contribution is 2.24. The van der Waals surface area contributed by atoms with Crippen LogP contribution in [0.1, 0.15) is 16.7 Å². The molecule has 0 amide bonds. The lowest BCUT2D eigenvalue weighted by Crippen LogP contribution is -2.03. The third-order valence-corrected chi connectivity index (χ3v) is 2.73. The summed E-state index contributed by atoms with van der Waals surface area (Å²) in [4.78, 5) is 15.2. The molecule has 1 heterocycles. The summed E-state index contributed by atoms with van der Waals surface area (Å²) in [5.74, 6) is -0.839. The van der Waals surface area contributed by atoms with E-state index >= 15 is 0 Å². The third kappa shape index (κ3) is 2.74. The van der Waals surface area contributed by atoms with Crippen LogP contribution in [0.5, 0.6) is 0 Å². The topological polar surface area (TPSA) is 50.2 Å². The lowest BCUT2D eigenvalue weighted by atomic mass is 10.00. The minimum absolute atomic E-state index is 0.00381. The molecule has 1 N–H and O–H groups in total. The Morgan fingerprint density at radius 2 is 1.89 bits per heavy atom. The normalized spacial score (nSPS) is 10.3. The quantitative estimate of drug-likeness (QED) is 0.898. The number of hydrogen-bond acceptors (Lipinski definition) is 2. The number of carboxylic acids is 1. The third-order valence-electron chi connectivity index (χ3n) is 2.73. The molecule has 0 aliphatic rings. The van der Waals surface area contributed by atoms with Crippen molar-refractivity contribution >= 4 is 5.97 Å². The van der Waals surface area contributed by atoms with Crippen LogP contribution in [-0.4, -0.2) is 16.1 Å². The van der Waals surface area contributed by atoms with E-state index in [9.17, 15) is 4.79 Å². The minimum Gasteiger partial charge on any atom is -0.481 e. The van der Waals surface area contributed by atoms with Gasteiger partial charge < -0.3 is 5.11 Å². The van der Waals surface area contributed by atoms with Crippen LogP contribution in [0.25, 0.3) is 11.3 Å². The molecule has 0 saturated heterocycles. The molecule has 3 nitrogen and oxygen atoms in total. The van der Waals surface area contributed by atoms with Crippen molar-refractivity contribution < 1.29 is 9.90 Å². The van der Waals surface area contributed by atoms with E-state index in [1.54, 1.807) is 12.3 Å². The summed E-state index contributed by atoms with van der Waals surface area (Å²) < 4.78 is 0.